The number of hydrogen-bond donors (Lipinski definition) is 2. The lowest BCUT2D eigenvalue weighted by Gasteiger charge is -2.32. The highest BCUT2D eigenvalue weighted by molar-refractivity contribution is 7.88. The third-order valence-electron chi connectivity index (χ3n) is 5.10. The van der Waals surface area contributed by atoms with E-state index in [9.17, 15) is 18.0 Å². The van der Waals surface area contributed by atoms with E-state index in [4.69, 9.17) is 0 Å². The summed E-state index contributed by atoms with van der Waals surface area (Å²) in [4.78, 5) is 27.2. The zero-order valence-corrected chi connectivity index (χ0v) is 17.8. The molecule has 8 heteroatoms. The lowest BCUT2D eigenvalue weighted by atomic mass is 9.96. The summed E-state index contributed by atoms with van der Waals surface area (Å²) < 4.78 is 24.7. The summed E-state index contributed by atoms with van der Waals surface area (Å²) in [5.41, 5.74) is 2.27. The predicted molar refractivity (Wildman–Crippen MR) is 117 cm³/mol. The van der Waals surface area contributed by atoms with Gasteiger partial charge in [-0.15, -0.1) is 0 Å². The van der Waals surface area contributed by atoms with Gasteiger partial charge in [-0.25, -0.2) is 13.1 Å². The first-order valence-electron chi connectivity index (χ1n) is 10.0. The van der Waals surface area contributed by atoms with Crippen LogP contribution in [-0.2, 0) is 21.2 Å². The number of carbonyl (C=O) groups is 2. The molecule has 7 nitrogen and oxygen atoms in total. The predicted octanol–water partition coefficient (Wildman–Crippen LogP) is 2.27. The normalized spacial score (nSPS) is 16.8. The molecule has 0 radical (unpaired) electrons. The molecule has 1 atom stereocenters. The lowest BCUT2D eigenvalue weighted by molar-refractivity contribution is -0.121. The van der Waals surface area contributed by atoms with Gasteiger partial charge in [-0.05, 0) is 49.1 Å². The van der Waals surface area contributed by atoms with Gasteiger partial charge in [0.05, 0.1) is 12.2 Å². The fourth-order valence-electron chi connectivity index (χ4n) is 3.52. The van der Waals surface area contributed by atoms with Crippen LogP contribution >= 0.6 is 0 Å². The van der Waals surface area contributed by atoms with Crippen LogP contribution < -0.4 is 10.0 Å². The number of rotatable bonds is 7. The molecule has 2 amide bonds. The summed E-state index contributed by atoms with van der Waals surface area (Å²) in [5, 5.41) is 2.92. The monoisotopic (exact) mass is 429 g/mol. The van der Waals surface area contributed by atoms with Crippen molar-refractivity contribution in [3.63, 3.8) is 0 Å². The molecule has 1 unspecified atom stereocenters. The Hall–Kier alpha value is -2.71. The van der Waals surface area contributed by atoms with Crippen molar-refractivity contribution in [1.82, 2.24) is 9.62 Å². The van der Waals surface area contributed by atoms with Gasteiger partial charge < -0.3 is 10.2 Å². The summed E-state index contributed by atoms with van der Waals surface area (Å²) >= 11 is 0. The van der Waals surface area contributed by atoms with Gasteiger partial charge in [0.2, 0.25) is 15.9 Å². The molecule has 2 N–H and O–H groups in total. The third-order valence-corrected chi connectivity index (χ3v) is 5.83. The molecule has 2 aromatic carbocycles. The minimum atomic E-state index is -3.21. The van der Waals surface area contributed by atoms with Gasteiger partial charge in [0.15, 0.2) is 0 Å². The van der Waals surface area contributed by atoms with Gasteiger partial charge >= 0.3 is 0 Å². The Morgan fingerprint density at radius 3 is 2.43 bits per heavy atom. The van der Waals surface area contributed by atoms with Gasteiger partial charge in [-0.3, -0.25) is 9.59 Å². The first-order valence-corrected chi connectivity index (χ1v) is 11.9. The maximum atomic E-state index is 12.9. The van der Waals surface area contributed by atoms with Crippen molar-refractivity contribution in [2.45, 2.75) is 19.3 Å². The number of piperidine rings is 1. The number of nitrogens with one attached hydrogen (secondary N) is 2. The van der Waals surface area contributed by atoms with E-state index in [2.05, 4.69) is 10.0 Å². The van der Waals surface area contributed by atoms with E-state index in [-0.39, 0.29) is 17.7 Å². The van der Waals surface area contributed by atoms with Crippen LogP contribution in [0.4, 0.5) is 5.69 Å². The van der Waals surface area contributed by atoms with E-state index >= 15 is 0 Å². The van der Waals surface area contributed by atoms with Gasteiger partial charge in [-0.1, -0.05) is 30.3 Å². The number of carbonyl (C=O) groups excluding carboxylic acids is 2. The molecule has 0 aliphatic carbocycles. The minimum absolute atomic E-state index is 0.0626. The van der Waals surface area contributed by atoms with Gasteiger partial charge in [-0.2, -0.15) is 0 Å². The van der Waals surface area contributed by atoms with Crippen molar-refractivity contribution in [1.29, 1.82) is 0 Å². The minimum Gasteiger partial charge on any atom is -0.338 e. The van der Waals surface area contributed by atoms with Crippen LogP contribution in [0.5, 0.6) is 0 Å². The van der Waals surface area contributed by atoms with Crippen LogP contribution in [0.3, 0.4) is 0 Å². The van der Waals surface area contributed by atoms with Crippen molar-refractivity contribution in [3.8, 4) is 0 Å². The summed E-state index contributed by atoms with van der Waals surface area (Å²) in [6.07, 6.45) is 3.22. The second-order valence-electron chi connectivity index (χ2n) is 7.56. The maximum absolute atomic E-state index is 12.9. The Labute approximate surface area is 177 Å². The lowest BCUT2D eigenvalue weighted by Crippen LogP contribution is -2.43. The van der Waals surface area contributed by atoms with Crippen molar-refractivity contribution >= 4 is 27.5 Å². The SMILES string of the molecule is CS(=O)(=O)NCCc1ccc(C(=O)N2CCCC(C(=O)Nc3ccccc3)C2)cc1. The molecule has 1 fully saturated rings. The van der Waals surface area contributed by atoms with Gasteiger partial charge in [0.1, 0.15) is 0 Å². The van der Waals surface area contributed by atoms with E-state index < -0.39 is 10.0 Å². The van der Waals surface area contributed by atoms with Gasteiger partial charge in [0, 0.05) is 30.9 Å². The Morgan fingerprint density at radius 2 is 1.77 bits per heavy atom. The smallest absolute Gasteiger partial charge is 0.253 e. The summed E-state index contributed by atoms with van der Waals surface area (Å²) in [7, 11) is -3.21. The van der Waals surface area contributed by atoms with Crippen LogP contribution in [0.1, 0.15) is 28.8 Å². The molecular weight excluding hydrogens is 402 g/mol. The standard InChI is InChI=1S/C22H27N3O4S/c1-30(28,29)23-14-13-17-9-11-18(12-10-17)22(27)25-15-5-6-19(16-25)21(26)24-20-7-3-2-4-8-20/h2-4,7-12,19,23H,5-6,13-16H2,1H3,(H,24,26). The van der Waals surface area contributed by atoms with Gasteiger partial charge in [0.25, 0.3) is 5.91 Å². The first-order chi connectivity index (χ1) is 14.3. The molecule has 160 valence electrons. The Balaban J connectivity index is 1.56. The zero-order chi connectivity index (χ0) is 21.6. The maximum Gasteiger partial charge on any atom is 0.253 e. The van der Waals surface area contributed by atoms with E-state index in [1.165, 1.54) is 0 Å². The van der Waals surface area contributed by atoms with E-state index in [0.717, 1.165) is 30.3 Å². The number of amides is 2. The summed E-state index contributed by atoms with van der Waals surface area (Å²) in [6.45, 7) is 1.35. The third kappa shape index (κ3) is 6.40. The van der Waals surface area contributed by atoms with Crippen LogP contribution in [0.15, 0.2) is 54.6 Å². The quantitative estimate of drug-likeness (QED) is 0.706. The molecule has 1 heterocycles. The first kappa shape index (κ1) is 22.0. The fraction of sp³-hybridized carbons (Fsp3) is 0.364. The van der Waals surface area contributed by atoms with Crippen LogP contribution in [0, 0.1) is 5.92 Å². The van der Waals surface area contributed by atoms with Crippen LogP contribution in [-0.4, -0.2) is 51.0 Å². The molecule has 0 aromatic heterocycles. The number of likely N-dealkylation sites (tertiary alicyclic amines) is 1. The molecule has 0 saturated carbocycles. The Kier molecular flexibility index (Phi) is 7.23. The molecule has 1 aliphatic rings. The molecule has 0 spiro atoms. The summed E-state index contributed by atoms with van der Waals surface area (Å²) in [6, 6.07) is 16.5. The Morgan fingerprint density at radius 1 is 1.07 bits per heavy atom. The highest BCUT2D eigenvalue weighted by Crippen LogP contribution is 2.21. The molecule has 1 saturated heterocycles. The number of para-hydroxylation sites is 1. The largest absolute Gasteiger partial charge is 0.338 e. The van der Waals surface area contributed by atoms with Crippen molar-refractivity contribution in [2.75, 3.05) is 31.2 Å². The topological polar surface area (TPSA) is 95.6 Å². The molecule has 0 bridgehead atoms. The molecule has 1 aliphatic heterocycles. The van der Waals surface area contributed by atoms with Crippen molar-refractivity contribution < 1.29 is 18.0 Å². The average molecular weight is 430 g/mol. The van der Waals surface area contributed by atoms with E-state index in [0.29, 0.717) is 31.6 Å². The molecule has 30 heavy (non-hydrogen) atoms. The number of nitrogens with zero attached hydrogens (tertiary/aromatic N) is 1. The van der Waals surface area contributed by atoms with E-state index in [1.807, 2.05) is 42.5 Å². The highest BCUT2D eigenvalue weighted by atomic mass is 32.2. The molecular formula is C22H27N3O4S. The molecule has 3 rings (SSSR count). The number of benzene rings is 2. The van der Waals surface area contributed by atoms with Crippen molar-refractivity contribution in [2.24, 2.45) is 5.92 Å². The number of hydrogen-bond acceptors (Lipinski definition) is 4. The Bertz CT molecular complexity index is 975. The number of anilines is 1. The summed E-state index contributed by atoms with van der Waals surface area (Å²) in [5.74, 6) is -0.385. The number of sulfonamides is 1. The van der Waals surface area contributed by atoms with Crippen LogP contribution in [0.25, 0.3) is 0 Å². The fourth-order valence-corrected chi connectivity index (χ4v) is 3.99. The second-order valence-corrected chi connectivity index (χ2v) is 9.39. The zero-order valence-electron chi connectivity index (χ0n) is 17.0. The van der Waals surface area contributed by atoms with E-state index in [1.54, 1.807) is 17.0 Å². The highest BCUT2D eigenvalue weighted by Gasteiger charge is 2.29. The van der Waals surface area contributed by atoms with Crippen molar-refractivity contribution in [3.05, 3.63) is 65.7 Å². The van der Waals surface area contributed by atoms with Crippen LogP contribution in [0.2, 0.25) is 0 Å². The average Bonchev–Trinajstić information content (AvgIpc) is 2.74. The molecule has 2 aromatic rings. The second kappa shape index (κ2) is 9.86.